The first-order valence-corrected chi connectivity index (χ1v) is 8.08. The molecule has 0 atom stereocenters. The van der Waals surface area contributed by atoms with Crippen molar-refractivity contribution in [2.75, 3.05) is 13.7 Å². The summed E-state index contributed by atoms with van der Waals surface area (Å²) in [5.41, 5.74) is 1.65. The molecule has 0 aliphatic rings. The van der Waals surface area contributed by atoms with Crippen molar-refractivity contribution < 1.29 is 13.9 Å². The first-order valence-electron chi connectivity index (χ1n) is 8.08. The van der Waals surface area contributed by atoms with E-state index >= 15 is 0 Å². The summed E-state index contributed by atoms with van der Waals surface area (Å²) in [6.07, 6.45) is 0.654. The molecule has 0 unspecified atom stereocenters. The van der Waals surface area contributed by atoms with Gasteiger partial charge in [0.1, 0.15) is 18.1 Å². The number of hydrogen-bond acceptors (Lipinski definition) is 5. The summed E-state index contributed by atoms with van der Waals surface area (Å²) in [7, 11) is 1.62. The van der Waals surface area contributed by atoms with Gasteiger partial charge in [-0.15, -0.1) is 10.2 Å². The van der Waals surface area contributed by atoms with Crippen molar-refractivity contribution in [1.29, 1.82) is 0 Å². The van der Waals surface area contributed by atoms with Crippen molar-refractivity contribution in [3.8, 4) is 17.1 Å². The predicted octanol–water partition coefficient (Wildman–Crippen LogP) is 1.85. The van der Waals surface area contributed by atoms with Crippen LogP contribution in [0.15, 0.2) is 48.5 Å². The lowest BCUT2D eigenvalue weighted by molar-refractivity contribution is -0.122. The summed E-state index contributed by atoms with van der Waals surface area (Å²) in [6, 6.07) is 13.4. The smallest absolute Gasteiger partial charge is 0.243 e. The first kappa shape index (κ1) is 17.5. The van der Waals surface area contributed by atoms with Gasteiger partial charge in [0.2, 0.25) is 11.7 Å². The van der Waals surface area contributed by atoms with E-state index in [0.717, 1.165) is 11.3 Å². The topological polar surface area (TPSA) is 81.9 Å². The molecule has 0 aliphatic heterocycles. The average Bonchev–Trinajstić information content (AvgIpc) is 3.11. The third-order valence-corrected chi connectivity index (χ3v) is 3.75. The highest BCUT2D eigenvalue weighted by Crippen LogP contribution is 2.17. The molecule has 2 aromatic carbocycles. The molecular weight excluding hydrogens is 337 g/mol. The third-order valence-electron chi connectivity index (χ3n) is 3.75. The van der Waals surface area contributed by atoms with Crippen LogP contribution in [-0.2, 0) is 17.8 Å². The Hall–Kier alpha value is -3.29. The molecule has 1 aromatic heterocycles. The minimum atomic E-state index is -0.337. The number of methoxy groups -OCH3 is 1. The Morgan fingerprint density at radius 2 is 1.96 bits per heavy atom. The number of benzene rings is 2. The second-order valence-electron chi connectivity index (χ2n) is 5.56. The molecule has 3 aromatic rings. The van der Waals surface area contributed by atoms with Crippen molar-refractivity contribution >= 4 is 5.91 Å². The Kier molecular flexibility index (Phi) is 5.52. The molecule has 8 heteroatoms. The van der Waals surface area contributed by atoms with E-state index in [1.807, 2.05) is 24.3 Å². The normalized spacial score (nSPS) is 10.5. The van der Waals surface area contributed by atoms with E-state index in [1.54, 1.807) is 19.2 Å². The Balaban J connectivity index is 1.51. The Labute approximate surface area is 149 Å². The molecule has 7 nitrogen and oxygen atoms in total. The first-order chi connectivity index (χ1) is 12.7. The van der Waals surface area contributed by atoms with Crippen LogP contribution in [0.1, 0.15) is 5.56 Å². The maximum atomic E-state index is 12.9. The molecule has 0 fully saturated rings. The zero-order chi connectivity index (χ0) is 18.4. The van der Waals surface area contributed by atoms with Crippen molar-refractivity contribution in [2.45, 2.75) is 13.0 Å². The van der Waals surface area contributed by atoms with Gasteiger partial charge in [0.15, 0.2) is 0 Å². The van der Waals surface area contributed by atoms with Gasteiger partial charge in [0.05, 0.1) is 7.11 Å². The average molecular weight is 355 g/mol. The highest BCUT2D eigenvalue weighted by molar-refractivity contribution is 5.75. The lowest BCUT2D eigenvalue weighted by Crippen LogP contribution is -2.30. The lowest BCUT2D eigenvalue weighted by Gasteiger charge is -2.08. The van der Waals surface area contributed by atoms with Crippen LogP contribution >= 0.6 is 0 Å². The van der Waals surface area contributed by atoms with Crippen LogP contribution in [0.4, 0.5) is 4.39 Å². The Morgan fingerprint density at radius 1 is 1.19 bits per heavy atom. The molecule has 0 saturated carbocycles. The minimum absolute atomic E-state index is 0.0415. The number of nitrogens with one attached hydrogen (secondary N) is 1. The number of carbonyl (C=O) groups is 1. The minimum Gasteiger partial charge on any atom is -0.496 e. The van der Waals surface area contributed by atoms with Gasteiger partial charge in [-0.2, -0.15) is 4.80 Å². The molecular formula is C18H18FN5O2. The molecule has 0 saturated heterocycles. The molecule has 134 valence electrons. The monoisotopic (exact) mass is 355 g/mol. The van der Waals surface area contributed by atoms with Gasteiger partial charge in [-0.1, -0.05) is 18.2 Å². The van der Waals surface area contributed by atoms with Gasteiger partial charge >= 0.3 is 0 Å². The SMILES string of the molecule is COc1ccccc1CCNC(=O)Cn1nnc(-c2ccc(F)cc2)n1. The van der Waals surface area contributed by atoms with Crippen molar-refractivity contribution in [3.63, 3.8) is 0 Å². The third kappa shape index (κ3) is 4.41. The van der Waals surface area contributed by atoms with Gasteiger partial charge < -0.3 is 10.1 Å². The van der Waals surface area contributed by atoms with Gasteiger partial charge in [0.25, 0.3) is 0 Å². The Morgan fingerprint density at radius 3 is 2.73 bits per heavy atom. The van der Waals surface area contributed by atoms with E-state index in [9.17, 15) is 9.18 Å². The van der Waals surface area contributed by atoms with Crippen LogP contribution in [-0.4, -0.2) is 39.8 Å². The van der Waals surface area contributed by atoms with Crippen molar-refractivity contribution in [3.05, 3.63) is 59.9 Å². The van der Waals surface area contributed by atoms with Crippen molar-refractivity contribution in [1.82, 2.24) is 25.5 Å². The number of aromatic nitrogens is 4. The quantitative estimate of drug-likeness (QED) is 0.699. The van der Waals surface area contributed by atoms with Crippen LogP contribution in [0.3, 0.4) is 0 Å². The fraction of sp³-hybridized carbons (Fsp3) is 0.222. The van der Waals surface area contributed by atoms with E-state index < -0.39 is 0 Å². The van der Waals surface area contributed by atoms with Crippen LogP contribution in [0.2, 0.25) is 0 Å². The second kappa shape index (κ2) is 8.19. The fourth-order valence-electron chi connectivity index (χ4n) is 2.46. The second-order valence-corrected chi connectivity index (χ2v) is 5.56. The maximum absolute atomic E-state index is 12.9. The highest BCUT2D eigenvalue weighted by Gasteiger charge is 2.10. The molecule has 0 spiro atoms. The van der Waals surface area contributed by atoms with E-state index in [2.05, 4.69) is 20.7 Å². The number of para-hydroxylation sites is 1. The summed E-state index contributed by atoms with van der Waals surface area (Å²) < 4.78 is 18.2. The Bertz CT molecular complexity index is 879. The molecule has 1 amide bonds. The molecule has 0 bridgehead atoms. The summed E-state index contributed by atoms with van der Waals surface area (Å²) in [6.45, 7) is 0.429. The van der Waals surface area contributed by atoms with Crippen LogP contribution in [0, 0.1) is 5.82 Å². The molecule has 3 rings (SSSR count). The van der Waals surface area contributed by atoms with E-state index in [4.69, 9.17) is 4.74 Å². The summed E-state index contributed by atoms with van der Waals surface area (Å²) in [5.74, 6) is 0.578. The molecule has 0 aliphatic carbocycles. The zero-order valence-corrected chi connectivity index (χ0v) is 14.2. The number of amides is 1. The van der Waals surface area contributed by atoms with E-state index in [1.165, 1.54) is 16.9 Å². The van der Waals surface area contributed by atoms with Crippen LogP contribution in [0.5, 0.6) is 5.75 Å². The number of tetrazole rings is 1. The molecule has 26 heavy (non-hydrogen) atoms. The number of halogens is 1. The molecule has 1 heterocycles. The number of hydrogen-bond donors (Lipinski definition) is 1. The van der Waals surface area contributed by atoms with E-state index in [0.29, 0.717) is 24.4 Å². The number of nitrogens with zero attached hydrogens (tertiary/aromatic N) is 4. The zero-order valence-electron chi connectivity index (χ0n) is 14.2. The number of ether oxygens (including phenoxy) is 1. The predicted molar refractivity (Wildman–Crippen MR) is 92.9 cm³/mol. The van der Waals surface area contributed by atoms with Crippen molar-refractivity contribution in [2.24, 2.45) is 0 Å². The van der Waals surface area contributed by atoms with E-state index in [-0.39, 0.29) is 18.3 Å². The van der Waals surface area contributed by atoms with Gasteiger partial charge in [-0.25, -0.2) is 4.39 Å². The van der Waals surface area contributed by atoms with Crippen LogP contribution < -0.4 is 10.1 Å². The summed E-state index contributed by atoms with van der Waals surface area (Å²) in [5, 5.41) is 14.7. The van der Waals surface area contributed by atoms with Crippen LogP contribution in [0.25, 0.3) is 11.4 Å². The lowest BCUT2D eigenvalue weighted by atomic mass is 10.1. The summed E-state index contributed by atoms with van der Waals surface area (Å²) in [4.78, 5) is 13.2. The largest absolute Gasteiger partial charge is 0.496 e. The van der Waals surface area contributed by atoms with Gasteiger partial charge in [0, 0.05) is 12.1 Å². The fourth-order valence-corrected chi connectivity index (χ4v) is 2.46. The van der Waals surface area contributed by atoms with Gasteiger partial charge in [-0.05, 0) is 47.5 Å². The number of rotatable bonds is 7. The van der Waals surface area contributed by atoms with Gasteiger partial charge in [-0.3, -0.25) is 4.79 Å². The summed E-state index contributed by atoms with van der Waals surface area (Å²) >= 11 is 0. The molecule has 0 radical (unpaired) electrons. The maximum Gasteiger partial charge on any atom is 0.243 e. The number of carbonyl (C=O) groups excluding carboxylic acids is 1. The standard InChI is InChI=1S/C18H18FN5O2/c1-26-16-5-3-2-4-13(16)10-11-20-17(25)12-24-22-18(21-23-24)14-6-8-15(19)9-7-14/h2-9H,10-12H2,1H3,(H,20,25). The molecule has 1 N–H and O–H groups in total. The highest BCUT2D eigenvalue weighted by atomic mass is 19.1.